The number of carbonyl (C=O) groups excluding carboxylic acids is 2. The highest BCUT2D eigenvalue weighted by Gasteiger charge is 2.25. The van der Waals surface area contributed by atoms with Crippen molar-refractivity contribution in [3.05, 3.63) is 73.3 Å². The number of anilines is 3. The lowest BCUT2D eigenvalue weighted by Crippen LogP contribution is -2.27. The van der Waals surface area contributed by atoms with Crippen molar-refractivity contribution in [3.8, 4) is 11.5 Å². The third-order valence-electron chi connectivity index (χ3n) is 5.15. The molecular formula is C22H18FIN4O5. The van der Waals surface area contributed by atoms with Crippen LogP contribution in [0.3, 0.4) is 0 Å². The number of rotatable bonds is 5. The number of nitrogens with zero attached hydrogens (tertiary/aromatic N) is 1. The second-order valence-electron chi connectivity index (χ2n) is 7.25. The number of ether oxygens (including phenoxy) is 1. The normalized spacial score (nSPS) is 12.5. The number of halogens is 2. The fourth-order valence-electron chi connectivity index (χ4n) is 3.50. The maximum atomic E-state index is 14.5. The summed E-state index contributed by atoms with van der Waals surface area (Å²) in [4.78, 5) is 37.0. The predicted octanol–water partition coefficient (Wildman–Crippen LogP) is 3.67. The van der Waals surface area contributed by atoms with E-state index in [4.69, 9.17) is 4.74 Å². The van der Waals surface area contributed by atoms with E-state index < -0.39 is 17.3 Å². The molecule has 0 saturated heterocycles. The molecule has 1 aliphatic rings. The molecule has 1 aromatic heterocycles. The van der Waals surface area contributed by atoms with Crippen LogP contribution in [0.25, 0.3) is 0 Å². The van der Waals surface area contributed by atoms with Gasteiger partial charge in [-0.3, -0.25) is 24.2 Å². The molecule has 2 heterocycles. The van der Waals surface area contributed by atoms with Crippen molar-refractivity contribution in [2.45, 2.75) is 12.8 Å². The molecule has 0 saturated carbocycles. The molecule has 33 heavy (non-hydrogen) atoms. The van der Waals surface area contributed by atoms with Crippen molar-refractivity contribution in [2.75, 3.05) is 10.6 Å². The zero-order valence-corrected chi connectivity index (χ0v) is 19.4. The first-order valence-electron chi connectivity index (χ1n) is 9.78. The van der Waals surface area contributed by atoms with E-state index in [1.54, 1.807) is 29.7 Å². The van der Waals surface area contributed by atoms with E-state index in [9.17, 15) is 24.0 Å². The molecule has 0 fully saturated rings. The summed E-state index contributed by atoms with van der Waals surface area (Å²) in [6, 6.07) is 10.5. The summed E-state index contributed by atoms with van der Waals surface area (Å²) in [6.45, 7) is 0. The minimum absolute atomic E-state index is 0.0226. The number of aromatic nitrogens is 1. The lowest BCUT2D eigenvalue weighted by atomic mass is 10.0. The van der Waals surface area contributed by atoms with Gasteiger partial charge in [0.1, 0.15) is 28.7 Å². The summed E-state index contributed by atoms with van der Waals surface area (Å²) in [7, 11) is 1.40. The van der Waals surface area contributed by atoms with Crippen LogP contribution in [0, 0.1) is 9.39 Å². The smallest absolute Gasteiger partial charge is 0.282 e. The topological polar surface area (TPSA) is 122 Å². The average molecular weight is 564 g/mol. The summed E-state index contributed by atoms with van der Waals surface area (Å²) in [6.07, 6.45) is 0.662. The van der Waals surface area contributed by atoms with Crippen LogP contribution in [0.15, 0.2) is 47.3 Å². The van der Waals surface area contributed by atoms with E-state index >= 15 is 0 Å². The summed E-state index contributed by atoms with van der Waals surface area (Å²) >= 11 is 1.96. The van der Waals surface area contributed by atoms with Gasteiger partial charge in [0.15, 0.2) is 0 Å². The van der Waals surface area contributed by atoms with Gasteiger partial charge in [-0.05, 0) is 59.3 Å². The molecule has 170 valence electrons. The Labute approximate surface area is 200 Å². The first kappa shape index (κ1) is 22.7. The molecule has 0 bridgehead atoms. The number of benzene rings is 2. The van der Waals surface area contributed by atoms with Gasteiger partial charge < -0.3 is 15.4 Å². The SMILES string of the molecule is Cn1c(Nc2ccc(I)cc2F)c(C(=O)NO)c(Oc2cccc3c2CCC(=O)N3)cc1=O. The lowest BCUT2D eigenvalue weighted by molar-refractivity contribution is -0.116. The predicted molar refractivity (Wildman–Crippen MR) is 127 cm³/mol. The Morgan fingerprint density at radius 1 is 1.18 bits per heavy atom. The van der Waals surface area contributed by atoms with Crippen LogP contribution in [0.4, 0.5) is 21.6 Å². The van der Waals surface area contributed by atoms with Crippen molar-refractivity contribution in [1.29, 1.82) is 0 Å². The number of amides is 2. The van der Waals surface area contributed by atoms with Gasteiger partial charge in [0.25, 0.3) is 11.5 Å². The maximum Gasteiger partial charge on any atom is 0.282 e. The molecule has 4 N–H and O–H groups in total. The number of hydrogen-bond donors (Lipinski definition) is 4. The fourth-order valence-corrected chi connectivity index (χ4v) is 3.96. The number of fused-ring (bicyclic) bond motifs is 1. The molecule has 0 atom stereocenters. The molecule has 2 aromatic carbocycles. The van der Waals surface area contributed by atoms with Crippen molar-refractivity contribution in [2.24, 2.45) is 7.05 Å². The van der Waals surface area contributed by atoms with Gasteiger partial charge in [0.05, 0.1) is 5.69 Å². The molecule has 1 aliphatic heterocycles. The van der Waals surface area contributed by atoms with Crippen LogP contribution in [0.2, 0.25) is 0 Å². The minimum Gasteiger partial charge on any atom is -0.456 e. The van der Waals surface area contributed by atoms with E-state index in [0.717, 1.165) is 10.6 Å². The molecule has 0 aliphatic carbocycles. The number of carbonyl (C=O) groups is 2. The van der Waals surface area contributed by atoms with Crippen molar-refractivity contribution in [1.82, 2.24) is 10.0 Å². The van der Waals surface area contributed by atoms with Gasteiger partial charge in [0.2, 0.25) is 5.91 Å². The van der Waals surface area contributed by atoms with Crippen LogP contribution in [-0.4, -0.2) is 21.6 Å². The minimum atomic E-state index is -0.966. The van der Waals surface area contributed by atoms with E-state index in [2.05, 4.69) is 10.6 Å². The third-order valence-corrected chi connectivity index (χ3v) is 5.82. The first-order valence-corrected chi connectivity index (χ1v) is 10.9. The number of hydrogen-bond acceptors (Lipinski definition) is 6. The van der Waals surface area contributed by atoms with E-state index in [-0.39, 0.29) is 35.1 Å². The summed E-state index contributed by atoms with van der Waals surface area (Å²) in [5.41, 5.74) is 2.09. The molecule has 11 heteroatoms. The van der Waals surface area contributed by atoms with Crippen LogP contribution >= 0.6 is 22.6 Å². The Morgan fingerprint density at radius 2 is 1.97 bits per heavy atom. The Balaban J connectivity index is 1.84. The van der Waals surface area contributed by atoms with Gasteiger partial charge in [-0.1, -0.05) is 6.07 Å². The first-order chi connectivity index (χ1) is 15.8. The average Bonchev–Trinajstić information content (AvgIpc) is 2.78. The molecule has 9 nitrogen and oxygen atoms in total. The van der Waals surface area contributed by atoms with Crippen LogP contribution in [0.5, 0.6) is 11.5 Å². The highest BCUT2D eigenvalue weighted by atomic mass is 127. The molecule has 2 amide bonds. The van der Waals surface area contributed by atoms with Gasteiger partial charge in [-0.25, -0.2) is 9.87 Å². The van der Waals surface area contributed by atoms with Crippen LogP contribution < -0.4 is 26.4 Å². The largest absolute Gasteiger partial charge is 0.456 e. The van der Waals surface area contributed by atoms with Gasteiger partial charge >= 0.3 is 0 Å². The Morgan fingerprint density at radius 3 is 2.70 bits per heavy atom. The second kappa shape index (κ2) is 9.19. The zero-order valence-electron chi connectivity index (χ0n) is 17.2. The molecule has 0 unspecified atom stereocenters. The van der Waals surface area contributed by atoms with Crippen molar-refractivity contribution < 1.29 is 23.9 Å². The van der Waals surface area contributed by atoms with Crippen molar-refractivity contribution in [3.63, 3.8) is 0 Å². The van der Waals surface area contributed by atoms with E-state index in [1.807, 2.05) is 22.6 Å². The summed E-state index contributed by atoms with van der Waals surface area (Å²) in [5.74, 6) is -1.58. The molecule has 4 rings (SSSR count). The number of pyridine rings is 1. The molecule has 0 radical (unpaired) electrons. The lowest BCUT2D eigenvalue weighted by Gasteiger charge is -2.22. The Bertz CT molecular complexity index is 1340. The quantitative estimate of drug-likeness (QED) is 0.213. The standard InChI is InChI=1S/C22H18FIN4O5/c1-28-19(30)10-17(33-16-4-2-3-14-12(16)6-8-18(29)25-14)20(22(31)27-32)21(28)26-15-7-5-11(24)9-13(15)23/h2-5,7,9-10,26,32H,6,8H2,1H3,(H,25,29)(H,27,31). The van der Waals surface area contributed by atoms with Crippen LogP contribution in [0.1, 0.15) is 22.3 Å². The maximum absolute atomic E-state index is 14.5. The van der Waals surface area contributed by atoms with E-state index in [1.165, 1.54) is 19.2 Å². The number of hydroxylamine groups is 1. The Hall–Kier alpha value is -3.45. The van der Waals surface area contributed by atoms with E-state index in [0.29, 0.717) is 27.0 Å². The monoisotopic (exact) mass is 564 g/mol. The van der Waals surface area contributed by atoms with Gasteiger partial charge in [0, 0.05) is 34.4 Å². The fraction of sp³-hybridized carbons (Fsp3) is 0.136. The number of nitrogens with one attached hydrogen (secondary N) is 3. The Kier molecular flexibility index (Phi) is 6.33. The highest BCUT2D eigenvalue weighted by molar-refractivity contribution is 14.1. The highest BCUT2D eigenvalue weighted by Crippen LogP contribution is 2.37. The zero-order chi connectivity index (χ0) is 23.7. The van der Waals surface area contributed by atoms with Gasteiger partial charge in [-0.2, -0.15) is 0 Å². The van der Waals surface area contributed by atoms with Crippen molar-refractivity contribution >= 4 is 51.6 Å². The van der Waals surface area contributed by atoms with Crippen LogP contribution in [-0.2, 0) is 18.3 Å². The summed E-state index contributed by atoms with van der Waals surface area (Å²) in [5, 5.41) is 14.9. The second-order valence-corrected chi connectivity index (χ2v) is 8.50. The van der Waals surface area contributed by atoms with Gasteiger partial charge in [-0.15, -0.1) is 0 Å². The molecule has 3 aromatic rings. The summed E-state index contributed by atoms with van der Waals surface area (Å²) < 4.78 is 22.2. The molecule has 0 spiro atoms. The third kappa shape index (κ3) is 4.54. The molecular weight excluding hydrogens is 546 g/mol.